The minimum absolute atomic E-state index is 0.468. The molecular formula is C21H31N6. The molecule has 0 aromatic carbocycles. The number of pyridine rings is 1. The van der Waals surface area contributed by atoms with Gasteiger partial charge in [-0.15, -0.1) is 0 Å². The molecule has 1 aliphatic rings. The number of rotatable bonds is 7. The summed E-state index contributed by atoms with van der Waals surface area (Å²) in [7, 11) is 0. The number of anilines is 2. The number of hydrogen-bond donors (Lipinski definition) is 2. The SMILES string of the molecule is C[C](C)CN1CCC(Nc2nc(NCc3ccccn3)nc(C)c2C)CC1. The van der Waals surface area contributed by atoms with E-state index >= 15 is 0 Å². The first-order valence-corrected chi connectivity index (χ1v) is 9.78. The summed E-state index contributed by atoms with van der Waals surface area (Å²) in [5.41, 5.74) is 3.10. The highest BCUT2D eigenvalue weighted by atomic mass is 15.2. The van der Waals surface area contributed by atoms with Gasteiger partial charge in [0, 0.05) is 43.1 Å². The van der Waals surface area contributed by atoms with E-state index in [2.05, 4.69) is 46.3 Å². The highest BCUT2D eigenvalue weighted by molar-refractivity contribution is 5.50. The third kappa shape index (κ3) is 5.63. The second-order valence-corrected chi connectivity index (χ2v) is 7.68. The van der Waals surface area contributed by atoms with E-state index in [4.69, 9.17) is 4.98 Å². The molecule has 145 valence electrons. The monoisotopic (exact) mass is 367 g/mol. The van der Waals surface area contributed by atoms with Gasteiger partial charge in [-0.1, -0.05) is 19.9 Å². The molecule has 2 N–H and O–H groups in total. The van der Waals surface area contributed by atoms with E-state index in [9.17, 15) is 0 Å². The van der Waals surface area contributed by atoms with Crippen LogP contribution in [0.1, 0.15) is 43.6 Å². The summed E-state index contributed by atoms with van der Waals surface area (Å²) < 4.78 is 0. The summed E-state index contributed by atoms with van der Waals surface area (Å²) in [6, 6.07) is 6.37. The minimum atomic E-state index is 0.468. The summed E-state index contributed by atoms with van der Waals surface area (Å²) in [6.07, 6.45) is 4.09. The molecule has 0 amide bonds. The molecule has 6 nitrogen and oxygen atoms in total. The zero-order chi connectivity index (χ0) is 19.2. The van der Waals surface area contributed by atoms with Crippen LogP contribution in [-0.2, 0) is 6.54 Å². The molecule has 3 rings (SSSR count). The molecular weight excluding hydrogens is 336 g/mol. The van der Waals surface area contributed by atoms with Gasteiger partial charge in [0.05, 0.1) is 12.2 Å². The van der Waals surface area contributed by atoms with Gasteiger partial charge >= 0.3 is 0 Å². The number of nitrogens with one attached hydrogen (secondary N) is 2. The van der Waals surface area contributed by atoms with Gasteiger partial charge in [0.15, 0.2) is 0 Å². The molecule has 27 heavy (non-hydrogen) atoms. The lowest BCUT2D eigenvalue weighted by molar-refractivity contribution is 0.227. The van der Waals surface area contributed by atoms with Gasteiger partial charge in [0.2, 0.25) is 5.95 Å². The molecule has 3 heterocycles. The van der Waals surface area contributed by atoms with E-state index in [1.54, 1.807) is 6.20 Å². The standard InChI is InChI=1S/C21H31N6/c1-15(2)14-27-11-8-18(9-12-27)25-20-16(3)17(4)24-21(26-20)23-13-19-7-5-6-10-22-19/h5-7,10,18H,8-9,11-14H2,1-4H3,(H2,23,24,25,26). The zero-order valence-corrected chi connectivity index (χ0v) is 16.9. The number of likely N-dealkylation sites (tertiary alicyclic amines) is 1. The normalized spacial score (nSPS) is 15.9. The fourth-order valence-electron chi connectivity index (χ4n) is 3.40. The number of piperidine rings is 1. The van der Waals surface area contributed by atoms with Gasteiger partial charge in [-0.05, 0) is 44.7 Å². The van der Waals surface area contributed by atoms with E-state index in [1.165, 1.54) is 5.92 Å². The fourth-order valence-corrected chi connectivity index (χ4v) is 3.40. The van der Waals surface area contributed by atoms with Gasteiger partial charge in [-0.2, -0.15) is 4.98 Å². The van der Waals surface area contributed by atoms with Gasteiger partial charge in [-0.25, -0.2) is 4.98 Å². The van der Waals surface area contributed by atoms with Crippen molar-refractivity contribution in [1.82, 2.24) is 19.9 Å². The van der Waals surface area contributed by atoms with Crippen molar-refractivity contribution < 1.29 is 0 Å². The van der Waals surface area contributed by atoms with Crippen LogP contribution in [0.25, 0.3) is 0 Å². The molecule has 0 spiro atoms. The van der Waals surface area contributed by atoms with Crippen LogP contribution in [0.5, 0.6) is 0 Å². The smallest absolute Gasteiger partial charge is 0.225 e. The van der Waals surface area contributed by atoms with Gasteiger partial charge in [-0.3, -0.25) is 4.98 Å². The molecule has 1 aliphatic heterocycles. The topological polar surface area (TPSA) is 66.0 Å². The van der Waals surface area contributed by atoms with Crippen molar-refractivity contribution in [3.8, 4) is 0 Å². The van der Waals surface area contributed by atoms with Crippen LogP contribution < -0.4 is 10.6 Å². The summed E-state index contributed by atoms with van der Waals surface area (Å²) in [5.74, 6) is 3.08. The highest BCUT2D eigenvalue weighted by Crippen LogP contribution is 2.22. The average molecular weight is 368 g/mol. The molecule has 0 atom stereocenters. The third-order valence-electron chi connectivity index (χ3n) is 5.01. The van der Waals surface area contributed by atoms with Crippen LogP contribution in [0.4, 0.5) is 11.8 Å². The van der Waals surface area contributed by atoms with E-state index in [0.29, 0.717) is 18.5 Å². The zero-order valence-electron chi connectivity index (χ0n) is 16.9. The Morgan fingerprint density at radius 2 is 1.93 bits per heavy atom. The Morgan fingerprint density at radius 3 is 2.59 bits per heavy atom. The van der Waals surface area contributed by atoms with Crippen molar-refractivity contribution in [2.45, 2.75) is 53.1 Å². The van der Waals surface area contributed by atoms with Gasteiger partial charge in [0.25, 0.3) is 0 Å². The van der Waals surface area contributed by atoms with Crippen molar-refractivity contribution in [3.63, 3.8) is 0 Å². The molecule has 1 saturated heterocycles. The van der Waals surface area contributed by atoms with Crippen molar-refractivity contribution in [2.24, 2.45) is 0 Å². The second kappa shape index (κ2) is 9.13. The number of aryl methyl sites for hydroxylation is 1. The first-order chi connectivity index (χ1) is 13.0. The molecule has 0 saturated carbocycles. The molecule has 1 radical (unpaired) electrons. The number of aromatic nitrogens is 3. The quantitative estimate of drug-likeness (QED) is 0.780. The summed E-state index contributed by atoms with van der Waals surface area (Å²) in [4.78, 5) is 16.2. The van der Waals surface area contributed by atoms with Crippen LogP contribution >= 0.6 is 0 Å². The lowest BCUT2D eigenvalue weighted by Gasteiger charge is -2.33. The fraction of sp³-hybridized carbons (Fsp3) is 0.524. The summed E-state index contributed by atoms with van der Waals surface area (Å²) >= 11 is 0. The number of nitrogens with zero attached hydrogens (tertiary/aromatic N) is 4. The van der Waals surface area contributed by atoms with E-state index < -0.39 is 0 Å². The first kappa shape index (κ1) is 19.5. The summed E-state index contributed by atoms with van der Waals surface area (Å²) in [5, 5.41) is 6.96. The van der Waals surface area contributed by atoms with E-state index in [0.717, 1.165) is 55.2 Å². The van der Waals surface area contributed by atoms with Crippen LogP contribution in [0.3, 0.4) is 0 Å². The second-order valence-electron chi connectivity index (χ2n) is 7.68. The van der Waals surface area contributed by atoms with Crippen molar-refractivity contribution in [2.75, 3.05) is 30.3 Å². The largest absolute Gasteiger partial charge is 0.367 e. The Balaban J connectivity index is 1.61. The van der Waals surface area contributed by atoms with Crippen LogP contribution in [0, 0.1) is 19.8 Å². The molecule has 1 fully saturated rings. The van der Waals surface area contributed by atoms with Crippen LogP contribution in [-0.4, -0.2) is 45.5 Å². The Morgan fingerprint density at radius 1 is 1.15 bits per heavy atom. The maximum Gasteiger partial charge on any atom is 0.225 e. The van der Waals surface area contributed by atoms with Gasteiger partial charge in [0.1, 0.15) is 5.82 Å². The van der Waals surface area contributed by atoms with Crippen molar-refractivity contribution in [1.29, 1.82) is 0 Å². The maximum absolute atomic E-state index is 4.73. The molecule has 6 heteroatoms. The van der Waals surface area contributed by atoms with E-state index in [1.807, 2.05) is 25.1 Å². The highest BCUT2D eigenvalue weighted by Gasteiger charge is 2.21. The van der Waals surface area contributed by atoms with Crippen molar-refractivity contribution >= 4 is 11.8 Å². The average Bonchev–Trinajstić information content (AvgIpc) is 2.66. The predicted molar refractivity (Wildman–Crippen MR) is 111 cm³/mol. The van der Waals surface area contributed by atoms with Crippen molar-refractivity contribution in [3.05, 3.63) is 47.3 Å². The van der Waals surface area contributed by atoms with Gasteiger partial charge < -0.3 is 15.5 Å². The predicted octanol–water partition coefficient (Wildman–Crippen LogP) is 3.59. The molecule has 0 unspecified atom stereocenters. The summed E-state index contributed by atoms with van der Waals surface area (Å²) in [6.45, 7) is 12.5. The van der Waals surface area contributed by atoms with Crippen LogP contribution in [0.15, 0.2) is 24.4 Å². The Bertz CT molecular complexity index is 723. The lowest BCUT2D eigenvalue weighted by atomic mass is 10.0. The van der Waals surface area contributed by atoms with E-state index in [-0.39, 0.29) is 0 Å². The minimum Gasteiger partial charge on any atom is -0.367 e. The number of hydrogen-bond acceptors (Lipinski definition) is 6. The third-order valence-corrected chi connectivity index (χ3v) is 5.01. The lowest BCUT2D eigenvalue weighted by Crippen LogP contribution is -2.40. The Hall–Kier alpha value is -2.21. The Labute approximate surface area is 162 Å². The molecule has 2 aromatic heterocycles. The molecule has 2 aromatic rings. The van der Waals surface area contributed by atoms with Crippen LogP contribution in [0.2, 0.25) is 0 Å². The Kier molecular flexibility index (Phi) is 6.61. The molecule has 0 bridgehead atoms. The maximum atomic E-state index is 4.73. The molecule has 0 aliphatic carbocycles. The first-order valence-electron chi connectivity index (χ1n) is 9.78.